The molecule has 0 aromatic carbocycles. The highest BCUT2D eigenvalue weighted by Crippen LogP contribution is 2.42. The van der Waals surface area contributed by atoms with E-state index in [0.29, 0.717) is 5.92 Å². The Kier molecular flexibility index (Phi) is 2.23. The molecule has 12 heavy (non-hydrogen) atoms. The zero-order chi connectivity index (χ0) is 8.39. The lowest BCUT2D eigenvalue weighted by molar-refractivity contribution is 0.343. The largest absolute Gasteiger partial charge is 0.392 e. The van der Waals surface area contributed by atoms with Crippen LogP contribution in [0.4, 0.5) is 0 Å². The van der Waals surface area contributed by atoms with Crippen LogP contribution in [0.15, 0.2) is 11.6 Å². The van der Waals surface area contributed by atoms with Gasteiger partial charge in [0, 0.05) is 5.92 Å². The van der Waals surface area contributed by atoms with Crippen LogP contribution in [0.1, 0.15) is 29.3 Å². The van der Waals surface area contributed by atoms with Crippen molar-refractivity contribution in [3.63, 3.8) is 0 Å². The molecular formula is C9H11NOS. The molecule has 0 saturated heterocycles. The van der Waals surface area contributed by atoms with Crippen LogP contribution in [-0.4, -0.2) is 16.7 Å². The number of thiazole rings is 1. The average molecular weight is 181 g/mol. The lowest BCUT2D eigenvalue weighted by Gasteiger charge is -1.91. The Balaban J connectivity index is 2.18. The first-order valence-electron chi connectivity index (χ1n) is 4.12. The highest BCUT2D eigenvalue weighted by molar-refractivity contribution is 7.10. The second kappa shape index (κ2) is 3.37. The van der Waals surface area contributed by atoms with Crippen molar-refractivity contribution in [2.24, 2.45) is 0 Å². The third-order valence-corrected chi connectivity index (χ3v) is 2.77. The highest BCUT2D eigenvalue weighted by Gasteiger charge is 2.27. The van der Waals surface area contributed by atoms with Gasteiger partial charge in [-0.1, -0.05) is 6.08 Å². The Morgan fingerprint density at radius 3 is 3.17 bits per heavy atom. The molecule has 0 aliphatic heterocycles. The van der Waals surface area contributed by atoms with E-state index in [4.69, 9.17) is 5.11 Å². The predicted molar refractivity (Wildman–Crippen MR) is 50.2 cm³/mol. The fraction of sp³-hybridized carbons (Fsp3) is 0.444. The lowest BCUT2D eigenvalue weighted by atomic mass is 10.2. The van der Waals surface area contributed by atoms with Gasteiger partial charge in [0.1, 0.15) is 0 Å². The Hall–Kier alpha value is -0.670. The van der Waals surface area contributed by atoms with Gasteiger partial charge < -0.3 is 5.11 Å². The summed E-state index contributed by atoms with van der Waals surface area (Å²) in [6.07, 6.45) is 6.29. The van der Waals surface area contributed by atoms with Gasteiger partial charge in [-0.15, -0.1) is 11.3 Å². The molecular weight excluding hydrogens is 170 g/mol. The minimum Gasteiger partial charge on any atom is -0.392 e. The predicted octanol–water partition coefficient (Wildman–Crippen LogP) is 2.03. The van der Waals surface area contributed by atoms with Crippen molar-refractivity contribution in [3.8, 4) is 0 Å². The van der Waals surface area contributed by atoms with E-state index in [1.165, 1.54) is 23.4 Å². The van der Waals surface area contributed by atoms with Crippen molar-refractivity contribution in [2.45, 2.75) is 18.8 Å². The number of aliphatic hydroxyl groups excluding tert-OH is 1. The first kappa shape index (κ1) is 7.95. The monoisotopic (exact) mass is 181 g/mol. The molecule has 64 valence electrons. The molecule has 1 N–H and O–H groups in total. The molecule has 0 unspecified atom stereocenters. The van der Waals surface area contributed by atoms with Crippen LogP contribution in [0.2, 0.25) is 0 Å². The molecule has 1 saturated carbocycles. The molecule has 2 rings (SSSR count). The van der Waals surface area contributed by atoms with Gasteiger partial charge in [-0.2, -0.15) is 0 Å². The van der Waals surface area contributed by atoms with Gasteiger partial charge in [0.25, 0.3) is 0 Å². The number of hydrogen-bond acceptors (Lipinski definition) is 3. The fourth-order valence-corrected chi connectivity index (χ4v) is 2.01. The van der Waals surface area contributed by atoms with Crippen molar-refractivity contribution in [3.05, 3.63) is 22.2 Å². The number of aliphatic hydroxyl groups is 1. The van der Waals surface area contributed by atoms with Crippen molar-refractivity contribution in [2.75, 3.05) is 6.61 Å². The van der Waals surface area contributed by atoms with E-state index < -0.39 is 0 Å². The maximum absolute atomic E-state index is 8.61. The maximum Gasteiger partial charge on any atom is 0.0801 e. The number of rotatable bonds is 3. The molecule has 0 radical (unpaired) electrons. The normalized spacial score (nSPS) is 17.4. The van der Waals surface area contributed by atoms with Crippen LogP contribution in [0.25, 0.3) is 6.08 Å². The summed E-state index contributed by atoms with van der Waals surface area (Å²) in [6.45, 7) is 0.113. The second-order valence-corrected chi connectivity index (χ2v) is 3.85. The Labute approximate surface area is 75.6 Å². The molecule has 0 amide bonds. The molecule has 3 heteroatoms. The summed E-state index contributed by atoms with van der Waals surface area (Å²) >= 11 is 1.65. The Morgan fingerprint density at radius 2 is 2.50 bits per heavy atom. The summed E-state index contributed by atoms with van der Waals surface area (Å²) in [5.41, 5.74) is 3.11. The third kappa shape index (κ3) is 1.57. The molecule has 0 atom stereocenters. The minimum absolute atomic E-state index is 0.113. The second-order valence-electron chi connectivity index (χ2n) is 2.96. The van der Waals surface area contributed by atoms with E-state index in [2.05, 4.69) is 4.98 Å². The van der Waals surface area contributed by atoms with E-state index in [1.54, 1.807) is 17.4 Å². The van der Waals surface area contributed by atoms with Crippen molar-refractivity contribution >= 4 is 17.4 Å². The van der Waals surface area contributed by atoms with E-state index in [1.807, 2.05) is 11.6 Å². The summed E-state index contributed by atoms with van der Waals surface area (Å²) in [7, 11) is 0. The molecule has 2 nitrogen and oxygen atoms in total. The van der Waals surface area contributed by atoms with Crippen molar-refractivity contribution in [1.29, 1.82) is 0 Å². The minimum atomic E-state index is 0.113. The quantitative estimate of drug-likeness (QED) is 0.774. The van der Waals surface area contributed by atoms with E-state index in [9.17, 15) is 0 Å². The van der Waals surface area contributed by atoms with E-state index in [-0.39, 0.29) is 6.61 Å². The Bertz CT molecular complexity index is 288. The number of hydrogen-bond donors (Lipinski definition) is 1. The summed E-state index contributed by atoms with van der Waals surface area (Å²) in [6, 6.07) is 0. The van der Waals surface area contributed by atoms with Crippen molar-refractivity contribution in [1.82, 2.24) is 4.98 Å². The first-order chi connectivity index (χ1) is 5.92. The van der Waals surface area contributed by atoms with Crippen LogP contribution < -0.4 is 0 Å². The van der Waals surface area contributed by atoms with Crippen LogP contribution in [-0.2, 0) is 0 Å². The van der Waals surface area contributed by atoms with Gasteiger partial charge in [-0.3, -0.25) is 0 Å². The van der Waals surface area contributed by atoms with Gasteiger partial charge in [-0.25, -0.2) is 4.98 Å². The summed E-state index contributed by atoms with van der Waals surface area (Å²) < 4.78 is 0. The lowest BCUT2D eigenvalue weighted by Crippen LogP contribution is -1.81. The molecule has 1 aliphatic rings. The smallest absolute Gasteiger partial charge is 0.0801 e. The summed E-state index contributed by atoms with van der Waals surface area (Å²) in [4.78, 5) is 5.53. The molecule has 0 bridgehead atoms. The molecule has 1 fully saturated rings. The van der Waals surface area contributed by atoms with Gasteiger partial charge in [0.05, 0.1) is 22.7 Å². The van der Waals surface area contributed by atoms with Crippen LogP contribution >= 0.6 is 11.3 Å². The molecule has 1 aromatic heterocycles. The Morgan fingerprint density at radius 1 is 1.67 bits per heavy atom. The average Bonchev–Trinajstić information content (AvgIpc) is 2.83. The standard InChI is InChI=1S/C9H11NOS/c11-5-1-2-8-9(7-3-4-7)10-6-12-8/h1-2,6-7,11H,3-5H2/b2-1+. The first-order valence-corrected chi connectivity index (χ1v) is 5.00. The molecule has 1 aromatic rings. The zero-order valence-corrected chi connectivity index (χ0v) is 7.55. The number of aromatic nitrogens is 1. The molecule has 1 aliphatic carbocycles. The van der Waals surface area contributed by atoms with Crippen LogP contribution in [0.5, 0.6) is 0 Å². The van der Waals surface area contributed by atoms with Crippen LogP contribution in [0, 0.1) is 0 Å². The van der Waals surface area contributed by atoms with Gasteiger partial charge in [-0.05, 0) is 18.9 Å². The van der Waals surface area contributed by atoms with Crippen molar-refractivity contribution < 1.29 is 5.11 Å². The maximum atomic E-state index is 8.61. The molecule has 1 heterocycles. The zero-order valence-electron chi connectivity index (χ0n) is 6.73. The van der Waals surface area contributed by atoms with Crippen LogP contribution in [0.3, 0.4) is 0 Å². The summed E-state index contributed by atoms with van der Waals surface area (Å²) in [5.74, 6) is 0.703. The van der Waals surface area contributed by atoms with Gasteiger partial charge in [0.15, 0.2) is 0 Å². The highest BCUT2D eigenvalue weighted by atomic mass is 32.1. The third-order valence-electron chi connectivity index (χ3n) is 1.96. The number of nitrogens with zero attached hydrogens (tertiary/aromatic N) is 1. The van der Waals surface area contributed by atoms with Gasteiger partial charge >= 0.3 is 0 Å². The van der Waals surface area contributed by atoms with E-state index in [0.717, 1.165) is 0 Å². The SMILES string of the molecule is OC/C=C/c1scnc1C1CC1. The molecule has 0 spiro atoms. The topological polar surface area (TPSA) is 33.1 Å². The fourth-order valence-electron chi connectivity index (χ4n) is 1.21. The summed E-state index contributed by atoms with van der Waals surface area (Å²) in [5, 5.41) is 8.61. The van der Waals surface area contributed by atoms with Gasteiger partial charge in [0.2, 0.25) is 0 Å². The van der Waals surface area contributed by atoms with E-state index >= 15 is 0 Å².